The van der Waals surface area contributed by atoms with Gasteiger partial charge in [-0.1, -0.05) is 13.0 Å². The van der Waals surface area contributed by atoms with Crippen LogP contribution in [0.1, 0.15) is 35.9 Å². The zero-order valence-corrected chi connectivity index (χ0v) is 13.1. The second-order valence-corrected chi connectivity index (χ2v) is 6.12. The molecule has 2 amide bonds. The number of nitrogens with one attached hydrogen (secondary N) is 1. The minimum Gasteiger partial charge on any atom is -0.330 e. The zero-order chi connectivity index (χ0) is 14.8. The molecule has 2 aromatic heterocycles. The SMILES string of the molecule is CC[C@@H](NC(=O)N1CCn2nc(C)nc2C1)c1cccs1. The van der Waals surface area contributed by atoms with E-state index in [-0.39, 0.29) is 12.1 Å². The van der Waals surface area contributed by atoms with Gasteiger partial charge in [0.1, 0.15) is 11.6 Å². The standard InChI is InChI=1S/C14H19N5OS/c1-3-11(12-5-4-8-21-12)16-14(20)18-6-7-19-13(9-18)15-10(2)17-19/h4-5,8,11H,3,6-7,9H2,1-2H3,(H,16,20)/t11-/m1/s1. The third-order valence-electron chi connectivity index (χ3n) is 3.65. The summed E-state index contributed by atoms with van der Waals surface area (Å²) in [5.41, 5.74) is 0. The molecule has 0 fully saturated rings. The van der Waals surface area contributed by atoms with Crippen LogP contribution < -0.4 is 5.32 Å². The van der Waals surface area contributed by atoms with E-state index in [0.717, 1.165) is 18.1 Å². The Hall–Kier alpha value is -1.89. The number of fused-ring (bicyclic) bond motifs is 1. The molecule has 6 nitrogen and oxygen atoms in total. The molecule has 0 unspecified atom stereocenters. The molecule has 1 aliphatic heterocycles. The van der Waals surface area contributed by atoms with Crippen LogP contribution in [0, 0.1) is 6.92 Å². The molecule has 2 aromatic rings. The van der Waals surface area contributed by atoms with Gasteiger partial charge in [-0.2, -0.15) is 5.10 Å². The van der Waals surface area contributed by atoms with E-state index in [9.17, 15) is 4.79 Å². The fourth-order valence-electron chi connectivity index (χ4n) is 2.54. The van der Waals surface area contributed by atoms with Gasteiger partial charge >= 0.3 is 6.03 Å². The van der Waals surface area contributed by atoms with E-state index in [1.165, 1.54) is 4.88 Å². The Bertz CT molecular complexity index is 621. The lowest BCUT2D eigenvalue weighted by Crippen LogP contribution is -2.45. The molecule has 21 heavy (non-hydrogen) atoms. The number of urea groups is 1. The Morgan fingerprint density at radius 2 is 2.38 bits per heavy atom. The van der Waals surface area contributed by atoms with Crippen LogP contribution in [-0.2, 0) is 13.1 Å². The highest BCUT2D eigenvalue weighted by molar-refractivity contribution is 7.10. The largest absolute Gasteiger partial charge is 0.330 e. The van der Waals surface area contributed by atoms with Crippen molar-refractivity contribution in [3.63, 3.8) is 0 Å². The molecule has 7 heteroatoms. The normalized spacial score (nSPS) is 15.6. The van der Waals surface area contributed by atoms with Gasteiger partial charge < -0.3 is 10.2 Å². The van der Waals surface area contributed by atoms with Crippen molar-refractivity contribution in [3.05, 3.63) is 34.0 Å². The van der Waals surface area contributed by atoms with Crippen molar-refractivity contribution in [2.45, 2.75) is 39.4 Å². The summed E-state index contributed by atoms with van der Waals surface area (Å²) < 4.78 is 1.88. The van der Waals surface area contributed by atoms with Crippen molar-refractivity contribution in [3.8, 4) is 0 Å². The quantitative estimate of drug-likeness (QED) is 0.946. The molecule has 0 bridgehead atoms. The van der Waals surface area contributed by atoms with Crippen molar-refractivity contribution >= 4 is 17.4 Å². The predicted molar refractivity (Wildman–Crippen MR) is 81.1 cm³/mol. The Labute approximate surface area is 127 Å². The molecule has 1 N–H and O–H groups in total. The summed E-state index contributed by atoms with van der Waals surface area (Å²) in [5.74, 6) is 1.62. The second-order valence-electron chi connectivity index (χ2n) is 5.15. The first-order valence-electron chi connectivity index (χ1n) is 7.16. The minimum absolute atomic E-state index is 0.0258. The Balaban J connectivity index is 1.66. The van der Waals surface area contributed by atoms with Gasteiger partial charge in [-0.05, 0) is 24.8 Å². The summed E-state index contributed by atoms with van der Waals surface area (Å²) in [4.78, 5) is 19.8. The monoisotopic (exact) mass is 305 g/mol. The summed E-state index contributed by atoms with van der Waals surface area (Å²) >= 11 is 1.68. The number of thiophene rings is 1. The van der Waals surface area contributed by atoms with Crippen LogP contribution in [0.5, 0.6) is 0 Å². The number of aromatic nitrogens is 3. The number of aryl methyl sites for hydroxylation is 1. The summed E-state index contributed by atoms with van der Waals surface area (Å²) in [6, 6.07) is 4.14. The Morgan fingerprint density at radius 3 is 3.10 bits per heavy atom. The minimum atomic E-state index is -0.0258. The summed E-state index contributed by atoms with van der Waals surface area (Å²) in [6.45, 7) is 5.86. The fraction of sp³-hybridized carbons (Fsp3) is 0.500. The molecule has 3 rings (SSSR count). The molecule has 3 heterocycles. The van der Waals surface area contributed by atoms with Crippen LogP contribution in [0.3, 0.4) is 0 Å². The maximum absolute atomic E-state index is 12.4. The van der Waals surface area contributed by atoms with Gasteiger partial charge in [0, 0.05) is 11.4 Å². The lowest BCUT2D eigenvalue weighted by Gasteiger charge is -2.28. The average Bonchev–Trinajstić information content (AvgIpc) is 3.11. The lowest BCUT2D eigenvalue weighted by atomic mass is 10.2. The fourth-order valence-corrected chi connectivity index (χ4v) is 3.40. The van der Waals surface area contributed by atoms with E-state index in [4.69, 9.17) is 0 Å². The summed E-state index contributed by atoms with van der Waals surface area (Å²) in [7, 11) is 0. The molecule has 1 aliphatic rings. The molecule has 1 atom stereocenters. The third kappa shape index (κ3) is 2.92. The molecular formula is C14H19N5OS. The number of amides is 2. The Morgan fingerprint density at radius 1 is 1.52 bits per heavy atom. The molecule has 0 saturated carbocycles. The number of hydrogen-bond donors (Lipinski definition) is 1. The van der Waals surface area contributed by atoms with E-state index in [1.807, 2.05) is 23.1 Å². The second kappa shape index (κ2) is 5.85. The zero-order valence-electron chi connectivity index (χ0n) is 12.2. The van der Waals surface area contributed by atoms with Crippen LogP contribution in [0.15, 0.2) is 17.5 Å². The Kier molecular flexibility index (Phi) is 3.92. The van der Waals surface area contributed by atoms with Gasteiger partial charge in [-0.3, -0.25) is 0 Å². The maximum Gasteiger partial charge on any atom is 0.318 e. The smallest absolute Gasteiger partial charge is 0.318 e. The van der Waals surface area contributed by atoms with E-state index in [0.29, 0.717) is 19.6 Å². The van der Waals surface area contributed by atoms with Gasteiger partial charge in [-0.15, -0.1) is 11.3 Å². The van der Waals surface area contributed by atoms with E-state index in [1.54, 1.807) is 16.2 Å². The summed E-state index contributed by atoms with van der Waals surface area (Å²) in [5, 5.41) is 9.47. The predicted octanol–water partition coefficient (Wildman–Crippen LogP) is 2.32. The van der Waals surface area contributed by atoms with Crippen LogP contribution >= 0.6 is 11.3 Å². The highest BCUT2D eigenvalue weighted by Crippen LogP contribution is 2.22. The first kappa shape index (κ1) is 14.1. The number of nitrogens with zero attached hydrogens (tertiary/aromatic N) is 4. The topological polar surface area (TPSA) is 63.1 Å². The highest BCUT2D eigenvalue weighted by atomic mass is 32.1. The molecule has 0 spiro atoms. The summed E-state index contributed by atoms with van der Waals surface area (Å²) in [6.07, 6.45) is 0.884. The van der Waals surface area contributed by atoms with Crippen molar-refractivity contribution < 1.29 is 4.79 Å². The number of rotatable bonds is 3. The van der Waals surface area contributed by atoms with Gasteiger partial charge in [0.25, 0.3) is 0 Å². The number of hydrogen-bond acceptors (Lipinski definition) is 4. The first-order chi connectivity index (χ1) is 10.2. The average molecular weight is 305 g/mol. The van der Waals surface area contributed by atoms with Crippen molar-refractivity contribution in [2.24, 2.45) is 0 Å². The van der Waals surface area contributed by atoms with Gasteiger partial charge in [-0.25, -0.2) is 14.5 Å². The van der Waals surface area contributed by atoms with E-state index in [2.05, 4.69) is 28.4 Å². The molecule has 0 radical (unpaired) electrons. The van der Waals surface area contributed by atoms with Crippen molar-refractivity contribution in [2.75, 3.05) is 6.54 Å². The van der Waals surface area contributed by atoms with E-state index < -0.39 is 0 Å². The number of carbonyl (C=O) groups is 1. The number of carbonyl (C=O) groups excluding carboxylic acids is 1. The van der Waals surface area contributed by atoms with Crippen LogP contribution in [0.4, 0.5) is 4.79 Å². The van der Waals surface area contributed by atoms with Crippen molar-refractivity contribution in [1.82, 2.24) is 25.0 Å². The molecular weight excluding hydrogens is 286 g/mol. The molecule has 112 valence electrons. The first-order valence-corrected chi connectivity index (χ1v) is 8.04. The highest BCUT2D eigenvalue weighted by Gasteiger charge is 2.24. The third-order valence-corrected chi connectivity index (χ3v) is 4.63. The molecule has 0 aromatic carbocycles. The molecule has 0 aliphatic carbocycles. The van der Waals surface area contributed by atoms with Crippen LogP contribution in [0.2, 0.25) is 0 Å². The van der Waals surface area contributed by atoms with Crippen LogP contribution in [0.25, 0.3) is 0 Å². The van der Waals surface area contributed by atoms with Gasteiger partial charge in [0.2, 0.25) is 0 Å². The molecule has 0 saturated heterocycles. The lowest BCUT2D eigenvalue weighted by molar-refractivity contribution is 0.176. The maximum atomic E-state index is 12.4. The van der Waals surface area contributed by atoms with Gasteiger partial charge in [0.15, 0.2) is 0 Å². The van der Waals surface area contributed by atoms with Crippen molar-refractivity contribution in [1.29, 1.82) is 0 Å². The van der Waals surface area contributed by atoms with Crippen LogP contribution in [-0.4, -0.2) is 32.2 Å². The van der Waals surface area contributed by atoms with Gasteiger partial charge in [0.05, 0.1) is 19.1 Å². The van der Waals surface area contributed by atoms with E-state index >= 15 is 0 Å².